The molecule has 1 aromatic rings. The van der Waals surface area contributed by atoms with Gasteiger partial charge in [0.25, 0.3) is 0 Å². The van der Waals surface area contributed by atoms with E-state index < -0.39 is 24.1 Å². The molecule has 0 radical (unpaired) electrons. The first-order valence-corrected chi connectivity index (χ1v) is 8.59. The van der Waals surface area contributed by atoms with Gasteiger partial charge in [-0.05, 0) is 6.42 Å². The second-order valence-electron chi connectivity index (χ2n) is 4.19. The highest BCUT2D eigenvalue weighted by Crippen LogP contribution is 2.42. The van der Waals surface area contributed by atoms with Gasteiger partial charge in [0.15, 0.2) is 0 Å². The van der Waals surface area contributed by atoms with Crippen molar-refractivity contribution in [2.75, 3.05) is 6.16 Å². The van der Waals surface area contributed by atoms with Crippen LogP contribution in [-0.2, 0) is 21.4 Å². The number of carbonyl (C=O) groups is 2. The molecule has 19 heavy (non-hydrogen) atoms. The standard InChI is InChI=1S/C12H15O5PS/c13-11(14)7-6-9(12(15)16)8-18(17,19)10-4-2-1-3-5-10/h1-5,9H,6-8H2,(H,13,14)(H,15,16)(H,17,19). The van der Waals surface area contributed by atoms with Crippen LogP contribution in [0.4, 0.5) is 0 Å². The zero-order valence-corrected chi connectivity index (χ0v) is 11.8. The van der Waals surface area contributed by atoms with Gasteiger partial charge in [-0.1, -0.05) is 42.1 Å². The SMILES string of the molecule is O=C(O)CCC(CP(O)(=S)c1ccccc1)C(=O)O. The Bertz CT molecular complexity index is 502. The van der Waals surface area contributed by atoms with Gasteiger partial charge < -0.3 is 15.1 Å². The van der Waals surface area contributed by atoms with Gasteiger partial charge in [-0.2, -0.15) is 0 Å². The van der Waals surface area contributed by atoms with E-state index in [4.69, 9.17) is 22.0 Å². The average Bonchev–Trinajstić information content (AvgIpc) is 2.35. The highest BCUT2D eigenvalue weighted by Gasteiger charge is 2.27. The molecule has 0 aliphatic carbocycles. The Hall–Kier alpha value is -1.23. The van der Waals surface area contributed by atoms with Crippen LogP contribution in [0.5, 0.6) is 0 Å². The van der Waals surface area contributed by atoms with Crippen molar-refractivity contribution in [2.45, 2.75) is 12.8 Å². The minimum atomic E-state index is -2.96. The van der Waals surface area contributed by atoms with Gasteiger partial charge in [0.05, 0.1) is 12.2 Å². The minimum absolute atomic E-state index is 0.0313. The normalized spacial score (nSPS) is 15.4. The molecule has 104 valence electrons. The Labute approximate surface area is 116 Å². The third kappa shape index (κ3) is 5.11. The lowest BCUT2D eigenvalue weighted by Crippen LogP contribution is -2.22. The fourth-order valence-electron chi connectivity index (χ4n) is 1.66. The lowest BCUT2D eigenvalue weighted by atomic mass is 10.1. The number of rotatable bonds is 7. The summed E-state index contributed by atoms with van der Waals surface area (Å²) in [6.45, 7) is 0. The molecule has 1 rings (SSSR count). The van der Waals surface area contributed by atoms with Crippen LogP contribution >= 0.6 is 6.26 Å². The maximum atomic E-state index is 11.1. The number of aliphatic carboxylic acids is 2. The van der Waals surface area contributed by atoms with E-state index in [1.54, 1.807) is 30.3 Å². The lowest BCUT2D eigenvalue weighted by Gasteiger charge is -2.20. The zero-order valence-electron chi connectivity index (χ0n) is 10.1. The fraction of sp³-hybridized carbons (Fsp3) is 0.333. The van der Waals surface area contributed by atoms with Crippen LogP contribution in [-0.4, -0.2) is 33.2 Å². The van der Waals surface area contributed by atoms with Gasteiger partial charge in [-0.25, -0.2) is 0 Å². The second-order valence-corrected chi connectivity index (χ2v) is 8.28. The van der Waals surface area contributed by atoms with Crippen LogP contribution in [0, 0.1) is 5.92 Å². The van der Waals surface area contributed by atoms with E-state index >= 15 is 0 Å². The van der Waals surface area contributed by atoms with E-state index in [9.17, 15) is 14.5 Å². The van der Waals surface area contributed by atoms with Crippen molar-refractivity contribution in [3.63, 3.8) is 0 Å². The quantitative estimate of drug-likeness (QED) is 0.657. The van der Waals surface area contributed by atoms with Crippen molar-refractivity contribution in [2.24, 2.45) is 5.92 Å². The molecule has 0 amide bonds. The number of benzene rings is 1. The highest BCUT2D eigenvalue weighted by molar-refractivity contribution is 8.15. The summed E-state index contributed by atoms with van der Waals surface area (Å²) in [6.07, 6.45) is -3.32. The van der Waals surface area contributed by atoms with Crippen LogP contribution in [0.2, 0.25) is 0 Å². The van der Waals surface area contributed by atoms with E-state index in [0.717, 1.165) is 0 Å². The van der Waals surface area contributed by atoms with Crippen LogP contribution in [0.25, 0.3) is 0 Å². The molecule has 0 aliphatic rings. The molecule has 0 aliphatic heterocycles. The van der Waals surface area contributed by atoms with Gasteiger partial charge in [-0.15, -0.1) is 0 Å². The molecular formula is C12H15O5PS. The van der Waals surface area contributed by atoms with Gasteiger partial charge >= 0.3 is 11.9 Å². The van der Waals surface area contributed by atoms with E-state index in [-0.39, 0.29) is 19.0 Å². The molecule has 0 fully saturated rings. The smallest absolute Gasteiger partial charge is 0.306 e. The number of hydrogen-bond donors (Lipinski definition) is 3. The first-order valence-electron chi connectivity index (χ1n) is 5.65. The summed E-state index contributed by atoms with van der Waals surface area (Å²) >= 11 is 5.14. The van der Waals surface area contributed by atoms with Crippen molar-refractivity contribution in [1.82, 2.24) is 0 Å². The average molecular weight is 302 g/mol. The fourth-order valence-corrected chi connectivity index (χ4v) is 4.35. The first kappa shape index (κ1) is 15.8. The lowest BCUT2D eigenvalue weighted by molar-refractivity contribution is -0.142. The third-order valence-corrected chi connectivity index (χ3v) is 5.80. The molecule has 0 spiro atoms. The summed E-state index contributed by atoms with van der Waals surface area (Å²) in [6, 6.07) is 8.55. The van der Waals surface area contributed by atoms with Gasteiger partial charge in [-0.3, -0.25) is 9.59 Å². The highest BCUT2D eigenvalue weighted by atomic mass is 32.4. The predicted molar refractivity (Wildman–Crippen MR) is 75.4 cm³/mol. The van der Waals surface area contributed by atoms with E-state index in [2.05, 4.69) is 0 Å². The monoisotopic (exact) mass is 302 g/mol. The summed E-state index contributed by atoms with van der Waals surface area (Å²) in [5.74, 6) is -3.12. The van der Waals surface area contributed by atoms with Gasteiger partial charge in [0, 0.05) is 17.9 Å². The summed E-state index contributed by atoms with van der Waals surface area (Å²) < 4.78 is 0. The van der Waals surface area contributed by atoms with Crippen molar-refractivity contribution in [3.05, 3.63) is 30.3 Å². The van der Waals surface area contributed by atoms with Crippen molar-refractivity contribution >= 4 is 35.3 Å². The molecule has 0 bridgehead atoms. The number of hydrogen-bond acceptors (Lipinski definition) is 3. The van der Waals surface area contributed by atoms with Gasteiger partial charge in [0.2, 0.25) is 0 Å². The molecular weight excluding hydrogens is 287 g/mol. The maximum Gasteiger partial charge on any atom is 0.306 e. The Morgan fingerprint density at radius 2 is 1.79 bits per heavy atom. The van der Waals surface area contributed by atoms with Crippen molar-refractivity contribution in [3.8, 4) is 0 Å². The first-order chi connectivity index (χ1) is 8.83. The molecule has 2 atom stereocenters. The molecule has 1 aromatic carbocycles. The summed E-state index contributed by atoms with van der Waals surface area (Å²) in [7, 11) is 0. The van der Waals surface area contributed by atoms with Gasteiger partial charge in [0.1, 0.15) is 0 Å². The molecule has 0 heterocycles. The number of carboxylic acid groups (broad SMARTS) is 2. The van der Waals surface area contributed by atoms with E-state index in [1.807, 2.05) is 0 Å². The molecule has 3 N–H and O–H groups in total. The Balaban J connectivity index is 2.81. The predicted octanol–water partition coefficient (Wildman–Crippen LogP) is 1.26. The largest absolute Gasteiger partial charge is 0.481 e. The van der Waals surface area contributed by atoms with E-state index in [1.165, 1.54) is 0 Å². The van der Waals surface area contributed by atoms with Crippen LogP contribution in [0.15, 0.2) is 30.3 Å². The molecule has 0 aromatic heterocycles. The van der Waals surface area contributed by atoms with Crippen LogP contribution in [0.3, 0.4) is 0 Å². The Morgan fingerprint density at radius 1 is 1.21 bits per heavy atom. The minimum Gasteiger partial charge on any atom is -0.481 e. The van der Waals surface area contributed by atoms with Crippen LogP contribution < -0.4 is 5.30 Å². The molecule has 0 saturated carbocycles. The summed E-state index contributed by atoms with van der Waals surface area (Å²) in [5, 5.41) is 18.2. The second kappa shape index (κ2) is 6.80. The topological polar surface area (TPSA) is 94.8 Å². The van der Waals surface area contributed by atoms with Crippen molar-refractivity contribution < 1.29 is 24.7 Å². The Kier molecular flexibility index (Phi) is 5.66. The molecule has 2 unspecified atom stereocenters. The molecule has 0 saturated heterocycles. The third-order valence-electron chi connectivity index (χ3n) is 2.68. The van der Waals surface area contributed by atoms with Crippen LogP contribution in [0.1, 0.15) is 12.8 Å². The molecule has 7 heteroatoms. The van der Waals surface area contributed by atoms with Crippen molar-refractivity contribution in [1.29, 1.82) is 0 Å². The molecule has 5 nitrogen and oxygen atoms in total. The Morgan fingerprint density at radius 3 is 2.26 bits per heavy atom. The van der Waals surface area contributed by atoms with E-state index in [0.29, 0.717) is 5.30 Å². The summed E-state index contributed by atoms with van der Waals surface area (Å²) in [5.41, 5.74) is 0. The maximum absolute atomic E-state index is 11.1. The zero-order chi connectivity index (χ0) is 14.5. The number of carboxylic acids is 2. The summed E-state index contributed by atoms with van der Waals surface area (Å²) in [4.78, 5) is 31.9.